The lowest BCUT2D eigenvalue weighted by molar-refractivity contribution is 0.821. The zero-order chi connectivity index (χ0) is 14.2. The summed E-state index contributed by atoms with van der Waals surface area (Å²) in [5.41, 5.74) is 1.19. The van der Waals surface area contributed by atoms with Crippen LogP contribution in [0.3, 0.4) is 0 Å². The third kappa shape index (κ3) is 4.47. The first kappa shape index (κ1) is 14.7. The van der Waals surface area contributed by atoms with Crippen LogP contribution < -0.4 is 16.0 Å². The average Bonchev–Trinajstić information content (AvgIpc) is 2.47. The van der Waals surface area contributed by atoms with Crippen molar-refractivity contribution in [3.63, 3.8) is 0 Å². The highest BCUT2D eigenvalue weighted by molar-refractivity contribution is 9.10. The largest absolute Gasteiger partial charge is 0.369 e. The van der Waals surface area contributed by atoms with Crippen LogP contribution in [0, 0.1) is 0 Å². The van der Waals surface area contributed by atoms with Gasteiger partial charge in [0.15, 0.2) is 0 Å². The minimum Gasteiger partial charge on any atom is -0.369 e. The second-order valence-corrected chi connectivity index (χ2v) is 5.12. The average molecular weight is 336 g/mol. The molecule has 0 aliphatic heterocycles. The van der Waals surface area contributed by atoms with Gasteiger partial charge in [-0.3, -0.25) is 0 Å². The molecule has 0 unspecified atom stereocenters. The normalized spacial score (nSPS) is 10.3. The molecular weight excluding hydrogens is 318 g/mol. The van der Waals surface area contributed by atoms with E-state index in [0.29, 0.717) is 6.54 Å². The molecular formula is C14H18BrN5. The standard InChI is InChI=1S/C14H18BrN5/c1-16-6-7-17-13-8-14(20-10-19-13)18-9-11-4-2-3-5-12(11)15/h2-5,8,10,16H,6-7,9H2,1H3,(H2,17,18,19,20). The van der Waals surface area contributed by atoms with Crippen molar-refractivity contribution in [1.82, 2.24) is 15.3 Å². The van der Waals surface area contributed by atoms with E-state index in [4.69, 9.17) is 0 Å². The summed E-state index contributed by atoms with van der Waals surface area (Å²) in [6.45, 7) is 2.44. The molecule has 0 saturated heterocycles. The van der Waals surface area contributed by atoms with Crippen molar-refractivity contribution in [2.75, 3.05) is 30.8 Å². The number of hydrogen-bond acceptors (Lipinski definition) is 5. The molecule has 3 N–H and O–H groups in total. The fourth-order valence-electron chi connectivity index (χ4n) is 1.69. The Kier molecular flexibility index (Phi) is 5.76. The van der Waals surface area contributed by atoms with Crippen LogP contribution in [0.25, 0.3) is 0 Å². The molecule has 5 nitrogen and oxygen atoms in total. The Morgan fingerprint density at radius 3 is 2.55 bits per heavy atom. The van der Waals surface area contributed by atoms with E-state index in [1.165, 1.54) is 5.56 Å². The topological polar surface area (TPSA) is 61.9 Å². The molecule has 0 amide bonds. The van der Waals surface area contributed by atoms with Crippen LogP contribution in [0.2, 0.25) is 0 Å². The molecule has 0 spiro atoms. The summed E-state index contributed by atoms with van der Waals surface area (Å²) in [5.74, 6) is 1.63. The lowest BCUT2D eigenvalue weighted by Gasteiger charge is -2.09. The quantitative estimate of drug-likeness (QED) is 0.678. The maximum absolute atomic E-state index is 4.22. The molecule has 1 aromatic carbocycles. The Morgan fingerprint density at radius 2 is 1.80 bits per heavy atom. The number of benzene rings is 1. The summed E-state index contributed by atoms with van der Waals surface area (Å²) in [6.07, 6.45) is 1.56. The highest BCUT2D eigenvalue weighted by atomic mass is 79.9. The minimum atomic E-state index is 0.717. The smallest absolute Gasteiger partial charge is 0.131 e. The number of rotatable bonds is 7. The highest BCUT2D eigenvalue weighted by Gasteiger charge is 2.01. The lowest BCUT2D eigenvalue weighted by atomic mass is 10.2. The van der Waals surface area contributed by atoms with Crippen LogP contribution >= 0.6 is 15.9 Å². The zero-order valence-corrected chi connectivity index (χ0v) is 12.9. The van der Waals surface area contributed by atoms with Gasteiger partial charge in [-0.2, -0.15) is 0 Å². The van der Waals surface area contributed by atoms with E-state index in [9.17, 15) is 0 Å². The van der Waals surface area contributed by atoms with Gasteiger partial charge < -0.3 is 16.0 Å². The van der Waals surface area contributed by atoms with Crippen LogP contribution in [0.15, 0.2) is 41.1 Å². The number of likely N-dealkylation sites (N-methyl/N-ethyl adjacent to an activating group) is 1. The first-order valence-corrected chi connectivity index (χ1v) is 7.26. The first-order chi connectivity index (χ1) is 9.79. The van der Waals surface area contributed by atoms with E-state index in [1.54, 1.807) is 6.33 Å². The van der Waals surface area contributed by atoms with Crippen molar-refractivity contribution in [3.05, 3.63) is 46.7 Å². The maximum atomic E-state index is 4.22. The van der Waals surface area contributed by atoms with E-state index in [2.05, 4.69) is 47.9 Å². The molecule has 20 heavy (non-hydrogen) atoms. The Hall–Kier alpha value is -1.66. The molecule has 0 aliphatic rings. The fraction of sp³-hybridized carbons (Fsp3) is 0.286. The number of anilines is 2. The molecule has 1 aromatic heterocycles. The van der Waals surface area contributed by atoms with Gasteiger partial charge in [-0.05, 0) is 18.7 Å². The van der Waals surface area contributed by atoms with Crippen LogP contribution in [0.1, 0.15) is 5.56 Å². The van der Waals surface area contributed by atoms with Crippen LogP contribution in [-0.4, -0.2) is 30.1 Å². The zero-order valence-electron chi connectivity index (χ0n) is 11.4. The second kappa shape index (κ2) is 7.81. The van der Waals surface area contributed by atoms with Gasteiger partial charge in [-0.25, -0.2) is 9.97 Å². The van der Waals surface area contributed by atoms with E-state index in [0.717, 1.165) is 29.2 Å². The maximum Gasteiger partial charge on any atom is 0.131 e. The molecule has 106 valence electrons. The summed E-state index contributed by atoms with van der Waals surface area (Å²) in [6, 6.07) is 10.0. The number of nitrogens with zero attached hydrogens (tertiary/aromatic N) is 2. The van der Waals surface area contributed by atoms with Gasteiger partial charge in [-0.15, -0.1) is 0 Å². The van der Waals surface area contributed by atoms with Gasteiger partial charge in [0.25, 0.3) is 0 Å². The number of aromatic nitrogens is 2. The number of nitrogens with one attached hydrogen (secondary N) is 3. The molecule has 0 saturated carbocycles. The first-order valence-electron chi connectivity index (χ1n) is 6.47. The Bertz CT molecular complexity index is 547. The Balaban J connectivity index is 1.93. The van der Waals surface area contributed by atoms with Gasteiger partial charge in [0, 0.05) is 30.2 Å². The summed E-state index contributed by atoms with van der Waals surface area (Å²) in [5, 5.41) is 9.61. The SMILES string of the molecule is CNCCNc1cc(NCc2ccccc2Br)ncn1. The predicted octanol–water partition coefficient (Wildman–Crippen LogP) is 2.48. The molecule has 0 fully saturated rings. The number of hydrogen-bond donors (Lipinski definition) is 3. The van der Waals surface area contributed by atoms with Crippen molar-refractivity contribution >= 4 is 27.6 Å². The molecule has 0 radical (unpaired) electrons. The molecule has 0 atom stereocenters. The van der Waals surface area contributed by atoms with Crippen LogP contribution in [-0.2, 0) is 6.54 Å². The van der Waals surface area contributed by atoms with E-state index in [1.807, 2.05) is 31.3 Å². The summed E-state index contributed by atoms with van der Waals surface area (Å²) in [4.78, 5) is 8.40. The lowest BCUT2D eigenvalue weighted by Crippen LogP contribution is -2.18. The van der Waals surface area contributed by atoms with Crippen molar-refractivity contribution in [3.8, 4) is 0 Å². The van der Waals surface area contributed by atoms with Gasteiger partial charge in [0.2, 0.25) is 0 Å². The number of halogens is 1. The molecule has 2 aromatic rings. The Morgan fingerprint density at radius 1 is 1.05 bits per heavy atom. The van der Waals surface area contributed by atoms with E-state index >= 15 is 0 Å². The molecule has 0 bridgehead atoms. The Labute approximate surface area is 127 Å². The van der Waals surface area contributed by atoms with Gasteiger partial charge in [0.05, 0.1) is 0 Å². The summed E-state index contributed by atoms with van der Waals surface area (Å²) in [7, 11) is 1.92. The summed E-state index contributed by atoms with van der Waals surface area (Å²) < 4.78 is 1.09. The molecule has 6 heteroatoms. The monoisotopic (exact) mass is 335 g/mol. The van der Waals surface area contributed by atoms with Crippen molar-refractivity contribution in [1.29, 1.82) is 0 Å². The van der Waals surface area contributed by atoms with Gasteiger partial charge in [0.1, 0.15) is 18.0 Å². The third-order valence-electron chi connectivity index (χ3n) is 2.77. The highest BCUT2D eigenvalue weighted by Crippen LogP contribution is 2.17. The van der Waals surface area contributed by atoms with E-state index < -0.39 is 0 Å². The van der Waals surface area contributed by atoms with E-state index in [-0.39, 0.29) is 0 Å². The van der Waals surface area contributed by atoms with Crippen molar-refractivity contribution in [2.24, 2.45) is 0 Å². The summed E-state index contributed by atoms with van der Waals surface area (Å²) >= 11 is 3.53. The molecule has 2 rings (SSSR count). The minimum absolute atomic E-state index is 0.717. The van der Waals surface area contributed by atoms with Gasteiger partial charge in [-0.1, -0.05) is 34.1 Å². The van der Waals surface area contributed by atoms with Crippen molar-refractivity contribution < 1.29 is 0 Å². The predicted molar refractivity (Wildman–Crippen MR) is 85.9 cm³/mol. The second-order valence-electron chi connectivity index (χ2n) is 4.26. The van der Waals surface area contributed by atoms with Crippen molar-refractivity contribution in [2.45, 2.75) is 6.54 Å². The third-order valence-corrected chi connectivity index (χ3v) is 3.54. The van der Waals surface area contributed by atoms with Gasteiger partial charge >= 0.3 is 0 Å². The fourth-order valence-corrected chi connectivity index (χ4v) is 2.12. The van der Waals surface area contributed by atoms with Crippen LogP contribution in [0.5, 0.6) is 0 Å². The molecule has 0 aliphatic carbocycles. The van der Waals surface area contributed by atoms with Crippen LogP contribution in [0.4, 0.5) is 11.6 Å². The molecule has 1 heterocycles.